The van der Waals surface area contributed by atoms with Crippen LogP contribution in [0, 0.1) is 6.92 Å². The van der Waals surface area contributed by atoms with Gasteiger partial charge < -0.3 is 5.73 Å². The van der Waals surface area contributed by atoms with E-state index in [1.165, 1.54) is 24.3 Å². The molecule has 0 amide bonds. The van der Waals surface area contributed by atoms with Crippen LogP contribution in [0.5, 0.6) is 0 Å². The molecule has 23 heavy (non-hydrogen) atoms. The van der Waals surface area contributed by atoms with Gasteiger partial charge in [0.05, 0.1) is 16.3 Å². The molecule has 0 atom stereocenters. The van der Waals surface area contributed by atoms with Crippen LogP contribution in [0.2, 0.25) is 0 Å². The van der Waals surface area contributed by atoms with Crippen molar-refractivity contribution in [1.82, 2.24) is 0 Å². The number of hydrogen-bond acceptors (Lipinski definition) is 5. The van der Waals surface area contributed by atoms with Gasteiger partial charge in [0.2, 0.25) is 0 Å². The van der Waals surface area contributed by atoms with Crippen molar-refractivity contribution in [3.05, 3.63) is 47.5 Å². The molecule has 7 heteroatoms. The van der Waals surface area contributed by atoms with Gasteiger partial charge >= 0.3 is 0 Å². The summed E-state index contributed by atoms with van der Waals surface area (Å²) in [5, 5.41) is 8.25. The summed E-state index contributed by atoms with van der Waals surface area (Å²) in [6.07, 6.45) is 0. The van der Waals surface area contributed by atoms with Crippen LogP contribution in [0.3, 0.4) is 0 Å². The maximum atomic E-state index is 11.0. The summed E-state index contributed by atoms with van der Waals surface area (Å²) in [6.45, 7) is 6.03. The summed E-state index contributed by atoms with van der Waals surface area (Å²) in [6, 6.07) is 9.23. The van der Waals surface area contributed by atoms with Crippen LogP contribution < -0.4 is 5.73 Å². The topological polar surface area (TPSA) is 105 Å². The van der Waals surface area contributed by atoms with Crippen molar-refractivity contribution < 1.29 is 13.0 Å². The van der Waals surface area contributed by atoms with Gasteiger partial charge in [-0.15, -0.1) is 0 Å². The largest absolute Gasteiger partial charge is 0.398 e. The molecule has 2 aromatic carbocycles. The summed E-state index contributed by atoms with van der Waals surface area (Å²) in [4.78, 5) is -0.179. The lowest BCUT2D eigenvalue weighted by Gasteiger charge is -2.12. The number of nitrogen functional groups attached to an aromatic ring is 1. The Kier molecular flexibility index (Phi) is 4.82. The molecule has 0 bridgehead atoms. The summed E-state index contributed by atoms with van der Waals surface area (Å²) in [5.74, 6) is 0.276. The van der Waals surface area contributed by atoms with Crippen LogP contribution in [0.25, 0.3) is 0 Å². The molecule has 3 N–H and O–H groups in total. The highest BCUT2D eigenvalue weighted by Crippen LogP contribution is 2.31. The Morgan fingerprint density at radius 1 is 1.04 bits per heavy atom. The molecule has 0 saturated carbocycles. The smallest absolute Gasteiger partial charge is 0.294 e. The van der Waals surface area contributed by atoms with Crippen LogP contribution in [-0.4, -0.2) is 13.0 Å². The van der Waals surface area contributed by atoms with Crippen molar-refractivity contribution in [1.29, 1.82) is 0 Å². The van der Waals surface area contributed by atoms with Crippen LogP contribution in [0.1, 0.15) is 30.9 Å². The van der Waals surface area contributed by atoms with E-state index in [2.05, 4.69) is 24.1 Å². The maximum absolute atomic E-state index is 11.0. The minimum atomic E-state index is -4.20. The Hall–Kier alpha value is -2.25. The molecule has 0 fully saturated rings. The second-order valence-electron chi connectivity index (χ2n) is 5.59. The third-order valence-corrected chi connectivity index (χ3v) is 4.31. The van der Waals surface area contributed by atoms with E-state index in [0.29, 0.717) is 11.4 Å². The van der Waals surface area contributed by atoms with Crippen LogP contribution >= 0.6 is 0 Å². The van der Waals surface area contributed by atoms with Gasteiger partial charge in [-0.25, -0.2) is 0 Å². The molecule has 0 unspecified atom stereocenters. The predicted octanol–water partition coefficient (Wildman–Crippen LogP) is 4.36. The van der Waals surface area contributed by atoms with Gasteiger partial charge in [-0.1, -0.05) is 13.8 Å². The van der Waals surface area contributed by atoms with Gasteiger partial charge in [0, 0.05) is 5.69 Å². The first-order valence-corrected chi connectivity index (χ1v) is 8.52. The summed E-state index contributed by atoms with van der Waals surface area (Å²) in [5.41, 5.74) is 9.94. The first kappa shape index (κ1) is 17.1. The number of nitrogens with two attached hydrogens (primary N) is 1. The molecular weight excluding hydrogens is 314 g/mol. The number of rotatable bonds is 4. The molecule has 2 rings (SSSR count). The first-order chi connectivity index (χ1) is 10.7. The van der Waals surface area contributed by atoms with Crippen molar-refractivity contribution in [2.75, 3.05) is 5.73 Å². The Bertz CT molecular complexity index is 842. The Morgan fingerprint density at radius 3 is 2.13 bits per heavy atom. The maximum Gasteiger partial charge on any atom is 0.294 e. The standard InChI is InChI=1S/C16H19N3O3S/c1-10(2)15-9-13(8-11(3)16(15)17)19-18-12-4-6-14(7-5-12)23(20,21)22/h4-10H,17H2,1-3H3,(H,20,21,22)/b19-18+. The quantitative estimate of drug-likeness (QED) is 0.492. The molecule has 122 valence electrons. The summed E-state index contributed by atoms with van der Waals surface area (Å²) < 4.78 is 30.9. The van der Waals surface area contributed by atoms with Gasteiger partial charge in [-0.05, 0) is 60.4 Å². The molecule has 0 saturated heterocycles. The third-order valence-electron chi connectivity index (χ3n) is 3.44. The lowest BCUT2D eigenvalue weighted by molar-refractivity contribution is 0.483. The van der Waals surface area contributed by atoms with Gasteiger partial charge in [0.1, 0.15) is 0 Å². The molecule has 0 heterocycles. The molecule has 2 aromatic rings. The van der Waals surface area contributed by atoms with Gasteiger partial charge in [0.15, 0.2) is 0 Å². The fourth-order valence-corrected chi connectivity index (χ4v) is 2.62. The molecule has 0 aliphatic rings. The van der Waals surface area contributed by atoms with E-state index in [4.69, 9.17) is 10.3 Å². The highest BCUT2D eigenvalue weighted by molar-refractivity contribution is 7.85. The number of azo groups is 1. The highest BCUT2D eigenvalue weighted by Gasteiger charge is 2.09. The van der Waals surface area contributed by atoms with Crippen molar-refractivity contribution in [2.45, 2.75) is 31.6 Å². The van der Waals surface area contributed by atoms with Gasteiger partial charge in [0.25, 0.3) is 10.1 Å². The minimum absolute atomic E-state index is 0.179. The zero-order chi connectivity index (χ0) is 17.2. The zero-order valence-corrected chi connectivity index (χ0v) is 14.0. The van der Waals surface area contributed by atoms with Crippen molar-refractivity contribution in [2.24, 2.45) is 10.2 Å². The minimum Gasteiger partial charge on any atom is -0.398 e. The Balaban J connectivity index is 2.30. The number of benzene rings is 2. The van der Waals surface area contributed by atoms with Gasteiger partial charge in [-0.3, -0.25) is 4.55 Å². The highest BCUT2D eigenvalue weighted by atomic mass is 32.2. The first-order valence-electron chi connectivity index (χ1n) is 7.08. The number of nitrogens with zero attached hydrogens (tertiary/aromatic N) is 2. The SMILES string of the molecule is Cc1cc(/N=N/c2ccc(S(=O)(=O)O)cc2)cc(C(C)C)c1N. The number of hydrogen-bond donors (Lipinski definition) is 2. The van der Waals surface area contributed by atoms with Crippen LogP contribution in [-0.2, 0) is 10.1 Å². The molecule has 0 aliphatic carbocycles. The van der Waals surface area contributed by atoms with E-state index in [0.717, 1.165) is 16.8 Å². The van der Waals surface area contributed by atoms with E-state index in [1.807, 2.05) is 19.1 Å². The van der Waals surface area contributed by atoms with Crippen molar-refractivity contribution in [3.63, 3.8) is 0 Å². The van der Waals surface area contributed by atoms with Gasteiger partial charge in [-0.2, -0.15) is 18.6 Å². The lowest BCUT2D eigenvalue weighted by Crippen LogP contribution is -1.98. The summed E-state index contributed by atoms with van der Waals surface area (Å²) >= 11 is 0. The van der Waals surface area contributed by atoms with E-state index >= 15 is 0 Å². The number of aryl methyl sites for hydroxylation is 1. The zero-order valence-electron chi connectivity index (χ0n) is 13.2. The fourth-order valence-electron chi connectivity index (χ4n) is 2.14. The summed E-state index contributed by atoms with van der Waals surface area (Å²) in [7, 11) is -4.20. The third kappa shape index (κ3) is 4.14. The molecule has 0 spiro atoms. The van der Waals surface area contributed by atoms with E-state index in [1.54, 1.807) is 0 Å². The molecule has 6 nitrogen and oxygen atoms in total. The molecule has 0 radical (unpaired) electrons. The lowest BCUT2D eigenvalue weighted by atomic mass is 9.98. The molecular formula is C16H19N3O3S. The fraction of sp³-hybridized carbons (Fsp3) is 0.250. The average Bonchev–Trinajstić information content (AvgIpc) is 2.47. The van der Waals surface area contributed by atoms with Crippen LogP contribution in [0.4, 0.5) is 17.1 Å². The van der Waals surface area contributed by atoms with Crippen molar-refractivity contribution in [3.8, 4) is 0 Å². The second-order valence-corrected chi connectivity index (χ2v) is 7.01. The average molecular weight is 333 g/mol. The van der Waals surface area contributed by atoms with E-state index in [9.17, 15) is 8.42 Å². The van der Waals surface area contributed by atoms with E-state index in [-0.39, 0.29) is 10.8 Å². The second kappa shape index (κ2) is 6.47. The molecule has 0 aromatic heterocycles. The van der Waals surface area contributed by atoms with E-state index < -0.39 is 10.1 Å². The Labute approximate surface area is 135 Å². The van der Waals surface area contributed by atoms with Crippen molar-refractivity contribution >= 4 is 27.2 Å². The van der Waals surface area contributed by atoms with Crippen LogP contribution in [0.15, 0.2) is 51.5 Å². The normalized spacial score (nSPS) is 12.2. The predicted molar refractivity (Wildman–Crippen MR) is 90.1 cm³/mol. The number of anilines is 1. The Morgan fingerprint density at radius 2 is 1.61 bits per heavy atom. The molecule has 0 aliphatic heterocycles. The monoisotopic (exact) mass is 333 g/mol.